The van der Waals surface area contributed by atoms with Crippen LogP contribution in [0.4, 0.5) is 10.1 Å². The third-order valence-electron chi connectivity index (χ3n) is 4.37. The Morgan fingerprint density at radius 1 is 1.08 bits per heavy atom. The molecule has 1 amide bonds. The highest BCUT2D eigenvalue weighted by Crippen LogP contribution is 2.20. The minimum Gasteiger partial charge on any atom is -0.367 e. The number of halogens is 2. The van der Waals surface area contributed by atoms with Crippen molar-refractivity contribution in [2.24, 2.45) is 0 Å². The molecule has 2 aromatic carbocycles. The Labute approximate surface area is 155 Å². The van der Waals surface area contributed by atoms with Crippen molar-refractivity contribution >= 4 is 27.5 Å². The van der Waals surface area contributed by atoms with Crippen molar-refractivity contribution in [2.45, 2.75) is 0 Å². The van der Waals surface area contributed by atoms with E-state index in [0.29, 0.717) is 17.8 Å². The second kappa shape index (κ2) is 8.45. The highest BCUT2D eigenvalue weighted by atomic mass is 79.9. The summed E-state index contributed by atoms with van der Waals surface area (Å²) in [6.45, 7) is 4.71. The zero-order valence-corrected chi connectivity index (χ0v) is 15.5. The maximum Gasteiger partial charge on any atom is 0.251 e. The molecule has 1 saturated heterocycles. The maximum absolute atomic E-state index is 13.8. The molecule has 0 spiro atoms. The average molecular weight is 406 g/mol. The van der Waals surface area contributed by atoms with Crippen LogP contribution in [0.5, 0.6) is 0 Å². The first-order valence-electron chi connectivity index (χ1n) is 8.39. The Kier molecular flexibility index (Phi) is 6.04. The molecule has 4 nitrogen and oxygen atoms in total. The van der Waals surface area contributed by atoms with Crippen molar-refractivity contribution in [3.05, 3.63) is 64.4 Å². The van der Waals surface area contributed by atoms with E-state index in [0.717, 1.165) is 37.2 Å². The standard InChI is InChI=1S/C19H21BrFN3O/c20-16-5-3-4-15(14-16)19(25)22-8-9-23-10-12-24(13-11-23)18-7-2-1-6-17(18)21/h1-7,14H,8-13H2,(H,22,25). The second-order valence-electron chi connectivity index (χ2n) is 6.05. The van der Waals surface area contributed by atoms with E-state index in [1.165, 1.54) is 6.07 Å². The van der Waals surface area contributed by atoms with Crippen molar-refractivity contribution in [1.82, 2.24) is 10.2 Å². The van der Waals surface area contributed by atoms with Crippen LogP contribution in [0.25, 0.3) is 0 Å². The van der Waals surface area contributed by atoms with Crippen LogP contribution < -0.4 is 10.2 Å². The van der Waals surface area contributed by atoms with Crippen LogP contribution >= 0.6 is 15.9 Å². The van der Waals surface area contributed by atoms with E-state index in [2.05, 4.69) is 31.0 Å². The van der Waals surface area contributed by atoms with Crippen LogP contribution in [0.15, 0.2) is 53.0 Å². The van der Waals surface area contributed by atoms with Crippen LogP contribution in [0, 0.1) is 5.82 Å². The molecule has 1 N–H and O–H groups in total. The summed E-state index contributed by atoms with van der Waals surface area (Å²) >= 11 is 3.37. The number of amides is 1. The van der Waals surface area contributed by atoms with Crippen LogP contribution in [-0.2, 0) is 0 Å². The number of piperazine rings is 1. The van der Waals surface area contributed by atoms with Crippen molar-refractivity contribution in [2.75, 3.05) is 44.2 Å². The minimum atomic E-state index is -0.169. The predicted octanol–water partition coefficient (Wildman–Crippen LogP) is 3.14. The van der Waals surface area contributed by atoms with Gasteiger partial charge in [-0.05, 0) is 30.3 Å². The zero-order valence-electron chi connectivity index (χ0n) is 13.9. The van der Waals surface area contributed by atoms with E-state index < -0.39 is 0 Å². The molecular weight excluding hydrogens is 385 g/mol. The van der Waals surface area contributed by atoms with Gasteiger partial charge in [-0.1, -0.05) is 34.1 Å². The number of hydrogen-bond donors (Lipinski definition) is 1. The van der Waals surface area contributed by atoms with E-state index in [-0.39, 0.29) is 11.7 Å². The van der Waals surface area contributed by atoms with Gasteiger partial charge in [0.05, 0.1) is 5.69 Å². The molecule has 0 saturated carbocycles. The molecule has 3 rings (SSSR count). The van der Waals surface area contributed by atoms with Gasteiger partial charge in [-0.15, -0.1) is 0 Å². The number of carbonyl (C=O) groups excluding carboxylic acids is 1. The molecule has 132 valence electrons. The maximum atomic E-state index is 13.8. The topological polar surface area (TPSA) is 35.6 Å². The molecule has 1 fully saturated rings. The average Bonchev–Trinajstić information content (AvgIpc) is 2.63. The highest BCUT2D eigenvalue weighted by molar-refractivity contribution is 9.10. The molecule has 0 aliphatic carbocycles. The third kappa shape index (κ3) is 4.80. The number of rotatable bonds is 5. The summed E-state index contributed by atoms with van der Waals surface area (Å²) in [7, 11) is 0. The van der Waals surface area contributed by atoms with Gasteiger partial charge in [0.15, 0.2) is 0 Å². The molecule has 0 unspecified atom stereocenters. The molecule has 1 aliphatic heterocycles. The molecular formula is C19H21BrFN3O. The predicted molar refractivity (Wildman–Crippen MR) is 102 cm³/mol. The highest BCUT2D eigenvalue weighted by Gasteiger charge is 2.19. The van der Waals surface area contributed by atoms with E-state index in [1.807, 2.05) is 30.3 Å². The summed E-state index contributed by atoms with van der Waals surface area (Å²) in [5.41, 5.74) is 1.32. The molecule has 2 aromatic rings. The van der Waals surface area contributed by atoms with Crippen molar-refractivity contribution in [3.63, 3.8) is 0 Å². The fourth-order valence-corrected chi connectivity index (χ4v) is 3.38. The molecule has 6 heteroatoms. The lowest BCUT2D eigenvalue weighted by molar-refractivity contribution is 0.0947. The van der Waals surface area contributed by atoms with Crippen molar-refractivity contribution in [1.29, 1.82) is 0 Å². The normalized spacial score (nSPS) is 15.2. The Morgan fingerprint density at radius 3 is 2.56 bits per heavy atom. The molecule has 1 heterocycles. The Balaban J connectivity index is 1.42. The third-order valence-corrected chi connectivity index (χ3v) is 4.86. The molecule has 25 heavy (non-hydrogen) atoms. The summed E-state index contributed by atoms with van der Waals surface area (Å²) in [5.74, 6) is -0.233. The summed E-state index contributed by atoms with van der Waals surface area (Å²) in [5, 5.41) is 2.95. The van der Waals surface area contributed by atoms with E-state index >= 15 is 0 Å². The Morgan fingerprint density at radius 2 is 1.84 bits per heavy atom. The fraction of sp³-hybridized carbons (Fsp3) is 0.316. The largest absolute Gasteiger partial charge is 0.367 e. The Hall–Kier alpha value is -1.92. The Bertz CT molecular complexity index is 732. The monoisotopic (exact) mass is 405 g/mol. The second-order valence-corrected chi connectivity index (χ2v) is 6.96. The van der Waals surface area contributed by atoms with Gasteiger partial charge in [0.1, 0.15) is 5.82 Å². The van der Waals surface area contributed by atoms with Gasteiger partial charge < -0.3 is 10.2 Å². The number of benzene rings is 2. The molecule has 0 aromatic heterocycles. The van der Waals surface area contributed by atoms with Crippen molar-refractivity contribution < 1.29 is 9.18 Å². The van der Waals surface area contributed by atoms with Crippen molar-refractivity contribution in [3.8, 4) is 0 Å². The lowest BCUT2D eigenvalue weighted by Crippen LogP contribution is -2.48. The van der Waals surface area contributed by atoms with Gasteiger partial charge >= 0.3 is 0 Å². The van der Waals surface area contributed by atoms with Gasteiger partial charge in [0, 0.05) is 49.3 Å². The molecule has 1 aliphatic rings. The zero-order chi connectivity index (χ0) is 17.6. The number of carbonyl (C=O) groups is 1. The van der Waals surface area contributed by atoms with E-state index in [4.69, 9.17) is 0 Å². The van der Waals surface area contributed by atoms with Gasteiger partial charge in [0.2, 0.25) is 0 Å². The number of para-hydroxylation sites is 1. The summed E-state index contributed by atoms with van der Waals surface area (Å²) in [4.78, 5) is 16.5. The summed E-state index contributed by atoms with van der Waals surface area (Å²) in [6.07, 6.45) is 0. The first kappa shape index (κ1) is 17.9. The first-order valence-corrected chi connectivity index (χ1v) is 9.18. The quantitative estimate of drug-likeness (QED) is 0.829. The lowest BCUT2D eigenvalue weighted by Gasteiger charge is -2.36. The van der Waals surface area contributed by atoms with E-state index in [1.54, 1.807) is 12.1 Å². The number of nitrogens with zero attached hydrogens (tertiary/aromatic N) is 2. The number of nitrogens with one attached hydrogen (secondary N) is 1. The van der Waals surface area contributed by atoms with Crippen LogP contribution in [-0.4, -0.2) is 50.1 Å². The van der Waals surface area contributed by atoms with Gasteiger partial charge in [-0.2, -0.15) is 0 Å². The number of hydrogen-bond acceptors (Lipinski definition) is 3. The SMILES string of the molecule is O=C(NCCN1CCN(c2ccccc2F)CC1)c1cccc(Br)c1. The van der Waals surface area contributed by atoms with Crippen LogP contribution in [0.2, 0.25) is 0 Å². The lowest BCUT2D eigenvalue weighted by atomic mass is 10.2. The minimum absolute atomic E-state index is 0.0636. The van der Waals surface area contributed by atoms with Gasteiger partial charge in [-0.3, -0.25) is 9.69 Å². The molecule has 0 atom stereocenters. The molecule has 0 bridgehead atoms. The van der Waals surface area contributed by atoms with Gasteiger partial charge in [-0.25, -0.2) is 4.39 Å². The smallest absolute Gasteiger partial charge is 0.251 e. The van der Waals surface area contributed by atoms with E-state index in [9.17, 15) is 9.18 Å². The summed E-state index contributed by atoms with van der Waals surface area (Å²) < 4.78 is 14.7. The first-order chi connectivity index (χ1) is 12.1. The fourth-order valence-electron chi connectivity index (χ4n) is 2.98. The van der Waals surface area contributed by atoms with Gasteiger partial charge in [0.25, 0.3) is 5.91 Å². The molecule has 0 radical (unpaired) electrons. The van der Waals surface area contributed by atoms with Crippen LogP contribution in [0.1, 0.15) is 10.4 Å². The summed E-state index contributed by atoms with van der Waals surface area (Å²) in [6, 6.07) is 14.2. The van der Waals surface area contributed by atoms with Crippen LogP contribution in [0.3, 0.4) is 0 Å². The number of anilines is 1.